The van der Waals surface area contributed by atoms with Crippen LogP contribution in [0, 0.1) is 11.8 Å². The van der Waals surface area contributed by atoms with Gasteiger partial charge in [0.2, 0.25) is 5.91 Å². The number of carbonyl (C=O) groups excluding carboxylic acids is 1. The Morgan fingerprint density at radius 1 is 1.06 bits per heavy atom. The van der Waals surface area contributed by atoms with Crippen LogP contribution in [0.4, 0.5) is 0 Å². The third-order valence-corrected chi connectivity index (χ3v) is 2.48. The molecule has 1 amide bonds. The molecular weight excluding hydrogens is 216 g/mol. The van der Waals surface area contributed by atoms with E-state index in [1.807, 2.05) is 6.92 Å². The summed E-state index contributed by atoms with van der Waals surface area (Å²) >= 11 is 0. The van der Waals surface area contributed by atoms with Gasteiger partial charge in [0.1, 0.15) is 0 Å². The number of nitrogens with one attached hydrogen (secondary N) is 2. The van der Waals surface area contributed by atoms with Crippen LogP contribution in [-0.2, 0) is 4.79 Å². The van der Waals surface area contributed by atoms with Gasteiger partial charge in [-0.25, -0.2) is 0 Å². The molecule has 0 saturated heterocycles. The Labute approximate surface area is 105 Å². The first kappa shape index (κ1) is 16.4. The average Bonchev–Trinajstić information content (AvgIpc) is 2.21. The van der Waals surface area contributed by atoms with Crippen LogP contribution < -0.4 is 10.6 Å². The Kier molecular flexibility index (Phi) is 8.17. The monoisotopic (exact) mass is 244 g/mol. The lowest BCUT2D eigenvalue weighted by Gasteiger charge is -2.18. The van der Waals surface area contributed by atoms with Gasteiger partial charge in [-0.2, -0.15) is 0 Å². The van der Waals surface area contributed by atoms with E-state index in [1.165, 1.54) is 0 Å². The van der Waals surface area contributed by atoms with Crippen LogP contribution in [0.15, 0.2) is 0 Å². The smallest absolute Gasteiger partial charge is 0.236 e. The van der Waals surface area contributed by atoms with Crippen LogP contribution in [0.25, 0.3) is 0 Å². The molecule has 0 fully saturated rings. The Morgan fingerprint density at radius 3 is 2.12 bits per heavy atom. The van der Waals surface area contributed by atoms with Crippen LogP contribution >= 0.6 is 0 Å². The molecule has 17 heavy (non-hydrogen) atoms. The second-order valence-electron chi connectivity index (χ2n) is 5.55. The molecule has 0 aliphatic carbocycles. The van der Waals surface area contributed by atoms with Crippen molar-refractivity contribution < 1.29 is 9.90 Å². The van der Waals surface area contributed by atoms with Crippen LogP contribution in [0.2, 0.25) is 0 Å². The number of rotatable bonds is 8. The topological polar surface area (TPSA) is 61.4 Å². The molecule has 2 atom stereocenters. The van der Waals surface area contributed by atoms with E-state index in [9.17, 15) is 9.90 Å². The third kappa shape index (κ3) is 9.12. The molecule has 102 valence electrons. The number of amides is 1. The minimum Gasteiger partial charge on any atom is -0.392 e. The third-order valence-electron chi connectivity index (χ3n) is 2.48. The fourth-order valence-electron chi connectivity index (χ4n) is 1.49. The van der Waals surface area contributed by atoms with E-state index in [0.717, 1.165) is 6.42 Å². The Balaban J connectivity index is 3.77. The molecule has 0 aliphatic rings. The predicted octanol–water partition coefficient (Wildman–Crippen LogP) is 1.14. The molecule has 4 nitrogen and oxygen atoms in total. The van der Waals surface area contributed by atoms with E-state index >= 15 is 0 Å². The van der Waals surface area contributed by atoms with Gasteiger partial charge in [-0.15, -0.1) is 0 Å². The first-order valence-corrected chi connectivity index (χ1v) is 6.52. The number of carbonyl (C=O) groups is 1. The Bertz CT molecular complexity index is 217. The largest absolute Gasteiger partial charge is 0.392 e. The first-order chi connectivity index (χ1) is 7.82. The van der Waals surface area contributed by atoms with E-state index < -0.39 is 0 Å². The van der Waals surface area contributed by atoms with E-state index in [0.29, 0.717) is 24.9 Å². The summed E-state index contributed by atoms with van der Waals surface area (Å²) in [6, 6.07) is -0.254. The zero-order chi connectivity index (χ0) is 13.4. The Morgan fingerprint density at radius 2 is 1.65 bits per heavy atom. The van der Waals surface area contributed by atoms with E-state index in [4.69, 9.17) is 0 Å². The maximum Gasteiger partial charge on any atom is 0.236 e. The molecule has 0 radical (unpaired) electrons. The molecule has 0 aliphatic heterocycles. The van der Waals surface area contributed by atoms with Gasteiger partial charge in [-0.1, -0.05) is 27.7 Å². The minimum atomic E-state index is -0.379. The Hall–Kier alpha value is -0.610. The lowest BCUT2D eigenvalue weighted by Crippen LogP contribution is -2.45. The normalized spacial score (nSPS) is 15.1. The zero-order valence-corrected chi connectivity index (χ0v) is 11.8. The lowest BCUT2D eigenvalue weighted by molar-refractivity contribution is -0.123. The highest BCUT2D eigenvalue weighted by atomic mass is 16.3. The van der Waals surface area contributed by atoms with Gasteiger partial charge < -0.3 is 15.7 Å². The lowest BCUT2D eigenvalue weighted by atomic mass is 10.1. The molecule has 0 heterocycles. The van der Waals surface area contributed by atoms with Crippen molar-refractivity contribution >= 4 is 5.91 Å². The summed E-state index contributed by atoms with van der Waals surface area (Å²) in [5.74, 6) is 0.921. The molecule has 3 N–H and O–H groups in total. The van der Waals surface area contributed by atoms with Gasteiger partial charge in [0.15, 0.2) is 0 Å². The highest BCUT2D eigenvalue weighted by Crippen LogP contribution is 2.03. The molecule has 4 heteroatoms. The fraction of sp³-hybridized carbons (Fsp3) is 0.923. The molecule has 0 aromatic rings. The summed E-state index contributed by atoms with van der Waals surface area (Å²) in [6.07, 6.45) is 0.378. The molecule has 0 saturated carbocycles. The van der Waals surface area contributed by atoms with Gasteiger partial charge in [0, 0.05) is 13.1 Å². The number of aliphatic hydroxyl groups excluding tert-OH is 1. The SMILES string of the molecule is CC(C)CNC(=O)C(C)NCC(O)CC(C)C. The van der Waals surface area contributed by atoms with Crippen molar-refractivity contribution in [2.75, 3.05) is 13.1 Å². The molecule has 0 spiro atoms. The van der Waals surface area contributed by atoms with E-state index in [-0.39, 0.29) is 18.1 Å². The van der Waals surface area contributed by atoms with Crippen molar-refractivity contribution in [3.05, 3.63) is 0 Å². The van der Waals surface area contributed by atoms with Crippen LogP contribution in [0.3, 0.4) is 0 Å². The second kappa shape index (κ2) is 8.48. The number of hydrogen-bond acceptors (Lipinski definition) is 3. The second-order valence-corrected chi connectivity index (χ2v) is 5.55. The quantitative estimate of drug-likeness (QED) is 0.600. The molecule has 0 bridgehead atoms. The average molecular weight is 244 g/mol. The molecule has 2 unspecified atom stereocenters. The molecular formula is C13H28N2O2. The summed E-state index contributed by atoms with van der Waals surface area (Å²) in [5.41, 5.74) is 0. The van der Waals surface area contributed by atoms with Gasteiger partial charge in [-0.3, -0.25) is 4.79 Å². The molecule has 0 aromatic carbocycles. The summed E-state index contributed by atoms with van der Waals surface area (Å²) < 4.78 is 0. The highest BCUT2D eigenvalue weighted by molar-refractivity contribution is 5.81. The van der Waals surface area contributed by atoms with Crippen LogP contribution in [0.1, 0.15) is 41.0 Å². The van der Waals surface area contributed by atoms with Crippen molar-refractivity contribution in [3.63, 3.8) is 0 Å². The summed E-state index contributed by atoms with van der Waals surface area (Å²) in [5, 5.41) is 15.6. The van der Waals surface area contributed by atoms with Gasteiger partial charge in [-0.05, 0) is 25.2 Å². The van der Waals surface area contributed by atoms with Gasteiger partial charge >= 0.3 is 0 Å². The van der Waals surface area contributed by atoms with Crippen molar-refractivity contribution in [1.29, 1.82) is 0 Å². The predicted molar refractivity (Wildman–Crippen MR) is 70.8 cm³/mol. The maximum atomic E-state index is 11.6. The zero-order valence-electron chi connectivity index (χ0n) is 11.8. The summed E-state index contributed by atoms with van der Waals surface area (Å²) in [6.45, 7) is 11.2. The highest BCUT2D eigenvalue weighted by Gasteiger charge is 2.14. The number of aliphatic hydroxyl groups is 1. The van der Waals surface area contributed by atoms with E-state index in [2.05, 4.69) is 38.3 Å². The number of hydrogen-bond donors (Lipinski definition) is 3. The van der Waals surface area contributed by atoms with E-state index in [1.54, 1.807) is 0 Å². The standard InChI is InChI=1S/C13H28N2O2/c1-9(2)6-12(16)8-14-11(5)13(17)15-7-10(3)4/h9-12,14,16H,6-8H2,1-5H3,(H,15,17). The molecule has 0 rings (SSSR count). The van der Waals surface area contributed by atoms with Crippen molar-refractivity contribution in [3.8, 4) is 0 Å². The molecule has 0 aromatic heterocycles. The van der Waals surface area contributed by atoms with Gasteiger partial charge in [0.05, 0.1) is 12.1 Å². The summed E-state index contributed by atoms with van der Waals surface area (Å²) in [4.78, 5) is 11.6. The summed E-state index contributed by atoms with van der Waals surface area (Å²) in [7, 11) is 0. The maximum absolute atomic E-state index is 11.6. The fourth-order valence-corrected chi connectivity index (χ4v) is 1.49. The van der Waals surface area contributed by atoms with Crippen molar-refractivity contribution in [2.45, 2.75) is 53.2 Å². The first-order valence-electron chi connectivity index (χ1n) is 6.52. The van der Waals surface area contributed by atoms with Crippen LogP contribution in [0.5, 0.6) is 0 Å². The van der Waals surface area contributed by atoms with Crippen LogP contribution in [-0.4, -0.2) is 36.2 Å². The minimum absolute atomic E-state index is 0.00422. The van der Waals surface area contributed by atoms with Crippen molar-refractivity contribution in [1.82, 2.24) is 10.6 Å². The van der Waals surface area contributed by atoms with Gasteiger partial charge in [0.25, 0.3) is 0 Å². The van der Waals surface area contributed by atoms with Crippen molar-refractivity contribution in [2.24, 2.45) is 11.8 Å².